The first kappa shape index (κ1) is 12.2. The summed E-state index contributed by atoms with van der Waals surface area (Å²) in [5.41, 5.74) is 0.788. The van der Waals surface area contributed by atoms with E-state index in [1.165, 1.54) is 0 Å². The first-order valence-corrected chi connectivity index (χ1v) is 5.35. The van der Waals surface area contributed by atoms with Crippen molar-refractivity contribution in [3.63, 3.8) is 0 Å². The van der Waals surface area contributed by atoms with Crippen LogP contribution in [0.1, 0.15) is 20.3 Å². The molecule has 1 aromatic rings. The van der Waals surface area contributed by atoms with E-state index in [0.717, 1.165) is 5.69 Å². The van der Waals surface area contributed by atoms with Gasteiger partial charge in [-0.15, -0.1) is 0 Å². The number of carbonyl (C=O) groups excluding carboxylic acids is 1. The highest BCUT2D eigenvalue weighted by atomic mass is 16.2. The molecule has 0 saturated carbocycles. The van der Waals surface area contributed by atoms with Crippen LogP contribution in [-0.4, -0.2) is 17.4 Å². The van der Waals surface area contributed by atoms with Crippen molar-refractivity contribution < 1.29 is 4.79 Å². The molecule has 0 N–H and O–H groups in total. The van der Waals surface area contributed by atoms with Gasteiger partial charge in [0.1, 0.15) is 5.92 Å². The van der Waals surface area contributed by atoms with Crippen LogP contribution in [0, 0.1) is 17.2 Å². The highest BCUT2D eigenvalue weighted by Gasteiger charge is 2.22. The van der Waals surface area contributed by atoms with Crippen LogP contribution >= 0.6 is 0 Å². The van der Waals surface area contributed by atoms with Gasteiger partial charge >= 0.3 is 0 Å². The quantitative estimate of drug-likeness (QED) is 0.774. The maximum atomic E-state index is 12.0. The number of aromatic nitrogens is 1. The lowest BCUT2D eigenvalue weighted by Gasteiger charge is -2.22. The summed E-state index contributed by atoms with van der Waals surface area (Å²) in [7, 11) is 0. The van der Waals surface area contributed by atoms with Gasteiger partial charge in [-0.25, -0.2) is 0 Å². The molecule has 1 unspecified atom stereocenters. The van der Waals surface area contributed by atoms with Crippen LogP contribution in [0.3, 0.4) is 0 Å². The third-order valence-electron chi connectivity index (χ3n) is 2.42. The number of pyridine rings is 1. The van der Waals surface area contributed by atoms with Gasteiger partial charge in [-0.1, -0.05) is 6.92 Å². The SMILES string of the molecule is CCC(C#N)C(=O)N(CC)c1ccncc1. The Morgan fingerprint density at radius 1 is 1.50 bits per heavy atom. The van der Waals surface area contributed by atoms with Crippen LogP contribution in [0.5, 0.6) is 0 Å². The molecule has 0 aliphatic rings. The topological polar surface area (TPSA) is 57.0 Å². The van der Waals surface area contributed by atoms with Gasteiger partial charge in [-0.3, -0.25) is 9.78 Å². The lowest BCUT2D eigenvalue weighted by molar-refractivity contribution is -0.120. The summed E-state index contributed by atoms with van der Waals surface area (Å²) in [6, 6.07) is 5.57. The Kier molecular flexibility index (Phi) is 4.46. The van der Waals surface area contributed by atoms with Gasteiger partial charge in [0.05, 0.1) is 6.07 Å². The number of carbonyl (C=O) groups is 1. The number of hydrogen-bond donors (Lipinski definition) is 0. The van der Waals surface area contributed by atoms with Crippen molar-refractivity contribution in [2.45, 2.75) is 20.3 Å². The van der Waals surface area contributed by atoms with E-state index in [1.54, 1.807) is 29.4 Å². The van der Waals surface area contributed by atoms with E-state index in [-0.39, 0.29) is 5.91 Å². The van der Waals surface area contributed by atoms with E-state index in [4.69, 9.17) is 5.26 Å². The zero-order chi connectivity index (χ0) is 12.0. The van der Waals surface area contributed by atoms with E-state index < -0.39 is 5.92 Å². The van der Waals surface area contributed by atoms with Crippen LogP contribution in [0.4, 0.5) is 5.69 Å². The Balaban J connectivity index is 2.92. The smallest absolute Gasteiger partial charge is 0.244 e. The second kappa shape index (κ2) is 5.86. The summed E-state index contributed by atoms with van der Waals surface area (Å²) in [5, 5.41) is 8.88. The molecule has 0 aliphatic heterocycles. The molecule has 4 nitrogen and oxygen atoms in total. The standard InChI is InChI=1S/C12H15N3O/c1-3-10(9-13)12(16)15(4-2)11-5-7-14-8-6-11/h5-8,10H,3-4H2,1-2H3. The highest BCUT2D eigenvalue weighted by molar-refractivity contribution is 5.96. The number of nitriles is 1. The number of nitrogens with zero attached hydrogens (tertiary/aromatic N) is 3. The second-order valence-corrected chi connectivity index (χ2v) is 3.38. The number of hydrogen-bond acceptors (Lipinski definition) is 3. The Morgan fingerprint density at radius 3 is 2.56 bits per heavy atom. The largest absolute Gasteiger partial charge is 0.311 e. The third kappa shape index (κ3) is 2.57. The van der Waals surface area contributed by atoms with Crippen molar-refractivity contribution in [1.82, 2.24) is 4.98 Å². The average molecular weight is 217 g/mol. The predicted octanol–water partition coefficient (Wildman–Crippen LogP) is 1.98. The third-order valence-corrected chi connectivity index (χ3v) is 2.42. The zero-order valence-electron chi connectivity index (χ0n) is 9.55. The van der Waals surface area contributed by atoms with Crippen molar-refractivity contribution in [1.29, 1.82) is 5.26 Å². The summed E-state index contributed by atoms with van der Waals surface area (Å²) in [5.74, 6) is -0.702. The minimum atomic E-state index is -0.562. The van der Waals surface area contributed by atoms with Crippen molar-refractivity contribution in [2.24, 2.45) is 5.92 Å². The molecule has 0 spiro atoms. The molecule has 0 aliphatic carbocycles. The normalized spacial score (nSPS) is 11.6. The zero-order valence-corrected chi connectivity index (χ0v) is 9.55. The van der Waals surface area contributed by atoms with Gasteiger partial charge in [0.25, 0.3) is 0 Å². The van der Waals surface area contributed by atoms with Crippen molar-refractivity contribution in [2.75, 3.05) is 11.4 Å². The van der Waals surface area contributed by atoms with E-state index in [0.29, 0.717) is 13.0 Å². The van der Waals surface area contributed by atoms with Gasteiger partial charge in [-0.05, 0) is 25.5 Å². The Morgan fingerprint density at radius 2 is 2.12 bits per heavy atom. The Labute approximate surface area is 95.5 Å². The molecular weight excluding hydrogens is 202 g/mol. The van der Waals surface area contributed by atoms with Gasteiger partial charge in [0, 0.05) is 24.6 Å². The molecule has 16 heavy (non-hydrogen) atoms. The molecule has 84 valence electrons. The summed E-state index contributed by atoms with van der Waals surface area (Å²) in [4.78, 5) is 17.5. The monoisotopic (exact) mass is 217 g/mol. The molecule has 1 aromatic heterocycles. The van der Waals surface area contributed by atoms with E-state index >= 15 is 0 Å². The summed E-state index contributed by atoms with van der Waals surface area (Å²) >= 11 is 0. The second-order valence-electron chi connectivity index (χ2n) is 3.38. The minimum Gasteiger partial charge on any atom is -0.311 e. The fourth-order valence-corrected chi connectivity index (χ4v) is 1.50. The van der Waals surface area contributed by atoms with Crippen LogP contribution < -0.4 is 4.90 Å². The van der Waals surface area contributed by atoms with Crippen LogP contribution in [-0.2, 0) is 4.79 Å². The molecule has 1 rings (SSSR count). The fourth-order valence-electron chi connectivity index (χ4n) is 1.50. The average Bonchev–Trinajstić information content (AvgIpc) is 2.33. The fraction of sp³-hybridized carbons (Fsp3) is 0.417. The molecule has 1 atom stereocenters. The Bertz CT molecular complexity index is 383. The van der Waals surface area contributed by atoms with Gasteiger partial charge in [0.2, 0.25) is 5.91 Å². The van der Waals surface area contributed by atoms with Crippen molar-refractivity contribution in [3.05, 3.63) is 24.5 Å². The molecular formula is C12H15N3O. The van der Waals surface area contributed by atoms with Gasteiger partial charge in [0.15, 0.2) is 0 Å². The molecule has 4 heteroatoms. The Hall–Kier alpha value is -1.89. The maximum Gasteiger partial charge on any atom is 0.244 e. The molecule has 0 saturated heterocycles. The number of anilines is 1. The predicted molar refractivity (Wildman–Crippen MR) is 61.7 cm³/mol. The van der Waals surface area contributed by atoms with E-state index in [2.05, 4.69) is 4.98 Å². The lowest BCUT2D eigenvalue weighted by atomic mass is 10.1. The molecule has 0 aromatic carbocycles. The summed E-state index contributed by atoms with van der Waals surface area (Å²) in [6.45, 7) is 4.29. The van der Waals surface area contributed by atoms with Crippen LogP contribution in [0.2, 0.25) is 0 Å². The van der Waals surface area contributed by atoms with Crippen LogP contribution in [0.15, 0.2) is 24.5 Å². The molecule has 0 radical (unpaired) electrons. The van der Waals surface area contributed by atoms with Gasteiger partial charge in [-0.2, -0.15) is 5.26 Å². The first-order valence-electron chi connectivity index (χ1n) is 5.35. The maximum absolute atomic E-state index is 12.0. The number of amides is 1. The molecule has 0 bridgehead atoms. The number of rotatable bonds is 4. The summed E-state index contributed by atoms with van der Waals surface area (Å²) in [6.07, 6.45) is 3.81. The van der Waals surface area contributed by atoms with Crippen molar-refractivity contribution >= 4 is 11.6 Å². The minimum absolute atomic E-state index is 0.140. The van der Waals surface area contributed by atoms with Gasteiger partial charge < -0.3 is 4.90 Å². The van der Waals surface area contributed by atoms with Crippen molar-refractivity contribution in [3.8, 4) is 6.07 Å². The molecule has 1 amide bonds. The lowest BCUT2D eigenvalue weighted by Crippen LogP contribution is -2.35. The molecule has 0 fully saturated rings. The van der Waals surface area contributed by atoms with E-state index in [9.17, 15) is 4.79 Å². The highest BCUT2D eigenvalue weighted by Crippen LogP contribution is 2.16. The van der Waals surface area contributed by atoms with E-state index in [1.807, 2.05) is 19.9 Å². The summed E-state index contributed by atoms with van der Waals surface area (Å²) < 4.78 is 0. The first-order chi connectivity index (χ1) is 7.74. The van der Waals surface area contributed by atoms with Crippen LogP contribution in [0.25, 0.3) is 0 Å². The molecule has 1 heterocycles.